The van der Waals surface area contributed by atoms with Gasteiger partial charge in [-0.1, -0.05) is 25.8 Å². The van der Waals surface area contributed by atoms with Gasteiger partial charge >= 0.3 is 0 Å². The Kier molecular flexibility index (Phi) is 6.96. The molecular weight excluding hydrogens is 308 g/mol. The highest BCUT2D eigenvalue weighted by Gasteiger charge is 2.21. The van der Waals surface area contributed by atoms with Gasteiger partial charge in [0.1, 0.15) is 0 Å². The normalized spacial score (nSPS) is 20.7. The topological polar surface area (TPSA) is 42.5 Å². The van der Waals surface area contributed by atoms with Gasteiger partial charge < -0.3 is 20.1 Å². The second kappa shape index (κ2) is 8.96. The van der Waals surface area contributed by atoms with Crippen LogP contribution >= 0.6 is 12.2 Å². The van der Waals surface area contributed by atoms with Gasteiger partial charge in [0.15, 0.2) is 16.6 Å². The highest BCUT2D eigenvalue weighted by molar-refractivity contribution is 7.80. The van der Waals surface area contributed by atoms with Crippen LogP contribution in [0.3, 0.4) is 0 Å². The lowest BCUT2D eigenvalue weighted by Crippen LogP contribution is -2.46. The number of rotatable bonds is 6. The molecule has 1 aliphatic carbocycles. The number of methoxy groups -OCH3 is 2. The fourth-order valence-electron chi connectivity index (χ4n) is 3.11. The van der Waals surface area contributed by atoms with Gasteiger partial charge in [0.25, 0.3) is 0 Å². The standard InChI is InChI=1S/C18H28N2O2S/c1-13-6-4-5-7-15(13)20-18(23)19-11-10-14-8-9-16(21-2)17(12-14)22-3/h8-9,12-13,15H,4-7,10-11H2,1-3H3,(H2,19,20,23)/t13-,15-/m0/s1. The molecule has 0 saturated heterocycles. The smallest absolute Gasteiger partial charge is 0.166 e. The molecule has 1 aromatic rings. The molecule has 1 saturated carbocycles. The molecule has 0 aliphatic heterocycles. The minimum absolute atomic E-state index is 0.518. The zero-order valence-corrected chi connectivity index (χ0v) is 15.2. The molecule has 2 rings (SSSR count). The minimum Gasteiger partial charge on any atom is -0.493 e. The van der Waals surface area contributed by atoms with E-state index in [1.54, 1.807) is 14.2 Å². The molecule has 0 spiro atoms. The summed E-state index contributed by atoms with van der Waals surface area (Å²) in [6.45, 7) is 3.12. The maximum absolute atomic E-state index is 5.42. The third-order valence-electron chi connectivity index (χ3n) is 4.58. The Morgan fingerprint density at radius 3 is 2.61 bits per heavy atom. The third kappa shape index (κ3) is 5.27. The van der Waals surface area contributed by atoms with Crippen LogP contribution in [0.15, 0.2) is 18.2 Å². The molecule has 0 heterocycles. The van der Waals surface area contributed by atoms with E-state index in [1.165, 1.54) is 31.2 Å². The van der Waals surface area contributed by atoms with Crippen LogP contribution in [0.4, 0.5) is 0 Å². The predicted molar refractivity (Wildman–Crippen MR) is 98.4 cm³/mol. The van der Waals surface area contributed by atoms with Gasteiger partial charge in [0, 0.05) is 12.6 Å². The summed E-state index contributed by atoms with van der Waals surface area (Å²) < 4.78 is 10.6. The van der Waals surface area contributed by atoms with Crippen LogP contribution in [0.25, 0.3) is 0 Å². The first-order valence-corrected chi connectivity index (χ1v) is 8.80. The van der Waals surface area contributed by atoms with E-state index in [0.717, 1.165) is 29.6 Å². The van der Waals surface area contributed by atoms with Crippen molar-refractivity contribution in [2.24, 2.45) is 5.92 Å². The number of hydrogen-bond donors (Lipinski definition) is 2. The first-order valence-electron chi connectivity index (χ1n) is 8.39. The second-order valence-corrected chi connectivity index (χ2v) is 6.62. The maximum Gasteiger partial charge on any atom is 0.166 e. The van der Waals surface area contributed by atoms with Crippen LogP contribution in [0.5, 0.6) is 11.5 Å². The van der Waals surface area contributed by atoms with Crippen LogP contribution in [0.2, 0.25) is 0 Å². The molecule has 23 heavy (non-hydrogen) atoms. The number of benzene rings is 1. The van der Waals surface area contributed by atoms with Gasteiger partial charge in [-0.25, -0.2) is 0 Å². The summed E-state index contributed by atoms with van der Waals surface area (Å²) in [7, 11) is 3.31. The SMILES string of the molecule is COc1ccc(CCNC(=S)N[C@H]2CCCC[C@@H]2C)cc1OC. The molecule has 0 bridgehead atoms. The van der Waals surface area contributed by atoms with Crippen LogP contribution in [0, 0.1) is 5.92 Å². The Labute approximate surface area is 144 Å². The highest BCUT2D eigenvalue weighted by Crippen LogP contribution is 2.27. The Morgan fingerprint density at radius 1 is 1.17 bits per heavy atom. The number of hydrogen-bond acceptors (Lipinski definition) is 3. The van der Waals surface area contributed by atoms with Crippen LogP contribution < -0.4 is 20.1 Å². The molecule has 5 heteroatoms. The fourth-order valence-corrected chi connectivity index (χ4v) is 3.36. The van der Waals surface area contributed by atoms with Crippen LogP contribution in [0.1, 0.15) is 38.2 Å². The van der Waals surface area contributed by atoms with E-state index in [0.29, 0.717) is 12.0 Å². The van der Waals surface area contributed by atoms with Crippen molar-refractivity contribution in [3.8, 4) is 11.5 Å². The van der Waals surface area contributed by atoms with Gasteiger partial charge in [0.2, 0.25) is 0 Å². The summed E-state index contributed by atoms with van der Waals surface area (Å²) in [6.07, 6.45) is 6.06. The van der Waals surface area contributed by atoms with Gasteiger partial charge in [-0.3, -0.25) is 0 Å². The van der Waals surface area contributed by atoms with Crippen molar-refractivity contribution < 1.29 is 9.47 Å². The number of ether oxygens (including phenoxy) is 2. The van der Waals surface area contributed by atoms with Crippen LogP contribution in [-0.4, -0.2) is 31.9 Å². The molecule has 128 valence electrons. The van der Waals surface area contributed by atoms with Crippen molar-refractivity contribution in [1.82, 2.24) is 10.6 Å². The van der Waals surface area contributed by atoms with Gasteiger partial charge in [-0.2, -0.15) is 0 Å². The van der Waals surface area contributed by atoms with E-state index < -0.39 is 0 Å². The van der Waals surface area contributed by atoms with E-state index >= 15 is 0 Å². The van der Waals surface area contributed by atoms with Crippen molar-refractivity contribution in [3.63, 3.8) is 0 Å². The zero-order chi connectivity index (χ0) is 16.7. The summed E-state index contributed by atoms with van der Waals surface area (Å²) >= 11 is 5.42. The molecule has 1 fully saturated rings. The monoisotopic (exact) mass is 336 g/mol. The fraction of sp³-hybridized carbons (Fsp3) is 0.611. The maximum atomic E-state index is 5.42. The average Bonchev–Trinajstić information content (AvgIpc) is 2.56. The van der Waals surface area contributed by atoms with E-state index in [9.17, 15) is 0 Å². The summed E-state index contributed by atoms with van der Waals surface area (Å²) in [5.41, 5.74) is 1.20. The molecule has 2 atom stereocenters. The Bertz CT molecular complexity index is 522. The summed E-state index contributed by atoms with van der Waals surface area (Å²) in [5.74, 6) is 2.23. The van der Waals surface area contributed by atoms with Gasteiger partial charge in [-0.15, -0.1) is 0 Å². The zero-order valence-electron chi connectivity index (χ0n) is 14.4. The molecule has 2 N–H and O–H groups in total. The van der Waals surface area contributed by atoms with E-state index in [-0.39, 0.29) is 0 Å². The minimum atomic E-state index is 0.518. The Hall–Kier alpha value is -1.49. The van der Waals surface area contributed by atoms with E-state index in [1.807, 2.05) is 12.1 Å². The molecule has 0 unspecified atom stereocenters. The average molecular weight is 337 g/mol. The second-order valence-electron chi connectivity index (χ2n) is 6.21. The molecule has 1 aliphatic rings. The first-order chi connectivity index (χ1) is 11.1. The molecule has 0 radical (unpaired) electrons. The quantitative estimate of drug-likeness (QED) is 0.780. The molecular formula is C18H28N2O2S. The van der Waals surface area contributed by atoms with E-state index in [2.05, 4.69) is 23.6 Å². The van der Waals surface area contributed by atoms with E-state index in [4.69, 9.17) is 21.7 Å². The van der Waals surface area contributed by atoms with Gasteiger partial charge in [0.05, 0.1) is 14.2 Å². The molecule has 0 amide bonds. The third-order valence-corrected chi connectivity index (χ3v) is 4.84. The lowest BCUT2D eigenvalue weighted by atomic mass is 9.86. The molecule has 0 aromatic heterocycles. The summed E-state index contributed by atoms with van der Waals surface area (Å²) in [4.78, 5) is 0. The largest absolute Gasteiger partial charge is 0.493 e. The lowest BCUT2D eigenvalue weighted by molar-refractivity contribution is 0.308. The van der Waals surface area contributed by atoms with Crippen molar-refractivity contribution in [3.05, 3.63) is 23.8 Å². The van der Waals surface area contributed by atoms with Crippen molar-refractivity contribution >= 4 is 17.3 Å². The highest BCUT2D eigenvalue weighted by atomic mass is 32.1. The number of nitrogens with one attached hydrogen (secondary N) is 2. The Balaban J connectivity index is 1.77. The number of thiocarbonyl (C=S) groups is 1. The van der Waals surface area contributed by atoms with Crippen LogP contribution in [-0.2, 0) is 6.42 Å². The first kappa shape index (κ1) is 17.9. The summed E-state index contributed by atoms with van der Waals surface area (Å²) in [6, 6.07) is 6.53. The molecule has 4 nitrogen and oxygen atoms in total. The molecule has 1 aromatic carbocycles. The van der Waals surface area contributed by atoms with Crippen molar-refractivity contribution in [2.45, 2.75) is 45.1 Å². The van der Waals surface area contributed by atoms with Gasteiger partial charge in [-0.05, 0) is 55.1 Å². The summed E-state index contributed by atoms with van der Waals surface area (Å²) in [5, 5.41) is 7.55. The Morgan fingerprint density at radius 2 is 1.91 bits per heavy atom. The van der Waals surface area contributed by atoms with Crippen molar-refractivity contribution in [1.29, 1.82) is 0 Å². The van der Waals surface area contributed by atoms with Crippen molar-refractivity contribution in [2.75, 3.05) is 20.8 Å². The predicted octanol–water partition coefficient (Wildman–Crippen LogP) is 3.29. The lowest BCUT2D eigenvalue weighted by Gasteiger charge is -2.30.